The number of nitrogens with zero attached hydrogens (tertiary/aromatic N) is 1. The summed E-state index contributed by atoms with van der Waals surface area (Å²) >= 11 is 0. The summed E-state index contributed by atoms with van der Waals surface area (Å²) in [5.41, 5.74) is 1.13. The first-order valence-electron chi connectivity index (χ1n) is 7.46. The summed E-state index contributed by atoms with van der Waals surface area (Å²) in [6.07, 6.45) is 6.09. The highest BCUT2D eigenvalue weighted by Crippen LogP contribution is 2.34. The van der Waals surface area contributed by atoms with Gasteiger partial charge in [-0.2, -0.15) is 0 Å². The van der Waals surface area contributed by atoms with Crippen LogP contribution >= 0.6 is 0 Å². The first-order chi connectivity index (χ1) is 9.65. The minimum atomic E-state index is -0.860. The van der Waals surface area contributed by atoms with Gasteiger partial charge in [0.25, 0.3) is 0 Å². The van der Waals surface area contributed by atoms with Crippen LogP contribution in [0.15, 0.2) is 24.3 Å². The fourth-order valence-corrected chi connectivity index (χ4v) is 3.75. The lowest BCUT2D eigenvalue weighted by molar-refractivity contribution is 0.0607. The highest BCUT2D eigenvalue weighted by atomic mass is 16.4. The number of fused-ring (bicyclic) bond motifs is 2. The Morgan fingerprint density at radius 1 is 1.25 bits per heavy atom. The van der Waals surface area contributed by atoms with Crippen molar-refractivity contribution < 1.29 is 9.90 Å². The molecule has 108 valence electrons. The maximum Gasteiger partial charge on any atom is 0.337 e. The molecule has 2 bridgehead atoms. The molecule has 1 aromatic rings. The summed E-state index contributed by atoms with van der Waals surface area (Å²) in [6, 6.07) is 8.90. The predicted molar refractivity (Wildman–Crippen MR) is 79.2 cm³/mol. The number of rotatable bonds is 3. The van der Waals surface area contributed by atoms with Gasteiger partial charge in [0.05, 0.1) is 5.56 Å². The zero-order valence-electron chi connectivity index (χ0n) is 11.9. The van der Waals surface area contributed by atoms with Crippen LogP contribution in [0.5, 0.6) is 0 Å². The van der Waals surface area contributed by atoms with Crippen molar-refractivity contribution >= 4 is 11.7 Å². The smallest absolute Gasteiger partial charge is 0.337 e. The van der Waals surface area contributed by atoms with E-state index in [1.165, 1.54) is 19.3 Å². The number of carbonyl (C=O) groups is 1. The number of para-hydroxylation sites is 1. The highest BCUT2D eigenvalue weighted by Gasteiger charge is 2.36. The third-order valence-electron chi connectivity index (χ3n) is 4.86. The van der Waals surface area contributed by atoms with E-state index in [1.54, 1.807) is 12.1 Å². The van der Waals surface area contributed by atoms with E-state index >= 15 is 0 Å². The van der Waals surface area contributed by atoms with Crippen LogP contribution in [-0.4, -0.2) is 41.1 Å². The Kier molecular flexibility index (Phi) is 3.66. The van der Waals surface area contributed by atoms with Gasteiger partial charge in [-0.1, -0.05) is 18.6 Å². The number of hydrogen-bond donors (Lipinski definition) is 2. The minimum Gasteiger partial charge on any atom is -0.478 e. The molecular formula is C16H22N2O2. The van der Waals surface area contributed by atoms with Crippen LogP contribution in [0, 0.1) is 0 Å². The maximum atomic E-state index is 11.3. The van der Waals surface area contributed by atoms with E-state index < -0.39 is 5.97 Å². The lowest BCUT2D eigenvalue weighted by Gasteiger charge is -2.47. The van der Waals surface area contributed by atoms with Crippen molar-refractivity contribution in [3.63, 3.8) is 0 Å². The molecule has 2 atom stereocenters. The molecule has 0 aliphatic carbocycles. The number of piperidine rings is 2. The van der Waals surface area contributed by atoms with E-state index in [1.807, 2.05) is 12.1 Å². The summed E-state index contributed by atoms with van der Waals surface area (Å²) < 4.78 is 0. The molecule has 3 rings (SSSR count). The maximum absolute atomic E-state index is 11.3. The van der Waals surface area contributed by atoms with Crippen LogP contribution in [-0.2, 0) is 0 Å². The van der Waals surface area contributed by atoms with Gasteiger partial charge in [0, 0.05) is 23.8 Å². The second-order valence-corrected chi connectivity index (χ2v) is 6.07. The van der Waals surface area contributed by atoms with Gasteiger partial charge in [-0.15, -0.1) is 0 Å². The van der Waals surface area contributed by atoms with Gasteiger partial charge < -0.3 is 15.3 Å². The molecule has 2 fully saturated rings. The van der Waals surface area contributed by atoms with Crippen molar-refractivity contribution in [2.45, 2.75) is 50.2 Å². The Morgan fingerprint density at radius 3 is 2.55 bits per heavy atom. The van der Waals surface area contributed by atoms with E-state index in [4.69, 9.17) is 0 Å². The number of carboxylic acids is 1. The minimum absolute atomic E-state index is 0.372. The number of anilines is 1. The fraction of sp³-hybridized carbons (Fsp3) is 0.562. The van der Waals surface area contributed by atoms with E-state index in [2.05, 4.69) is 17.3 Å². The third-order valence-corrected chi connectivity index (χ3v) is 4.86. The molecule has 2 aliphatic rings. The number of carboxylic acid groups (broad SMARTS) is 1. The number of hydrogen-bond acceptors (Lipinski definition) is 3. The normalized spacial score (nSPS) is 29.9. The van der Waals surface area contributed by atoms with E-state index in [0.29, 0.717) is 23.7 Å². The van der Waals surface area contributed by atoms with Gasteiger partial charge in [0.1, 0.15) is 0 Å². The van der Waals surface area contributed by atoms with Gasteiger partial charge in [0.2, 0.25) is 0 Å². The fourth-order valence-electron chi connectivity index (χ4n) is 3.75. The molecular weight excluding hydrogens is 252 g/mol. The molecule has 0 aromatic heterocycles. The van der Waals surface area contributed by atoms with Crippen molar-refractivity contribution in [3.8, 4) is 0 Å². The van der Waals surface area contributed by atoms with Gasteiger partial charge in [-0.25, -0.2) is 4.79 Å². The molecule has 2 unspecified atom stereocenters. The quantitative estimate of drug-likeness (QED) is 0.890. The number of nitrogens with one attached hydrogen (secondary N) is 1. The molecule has 2 aliphatic heterocycles. The molecule has 2 heterocycles. The van der Waals surface area contributed by atoms with Crippen LogP contribution in [0.1, 0.15) is 42.5 Å². The first kappa shape index (κ1) is 13.4. The highest BCUT2D eigenvalue weighted by molar-refractivity contribution is 5.94. The molecule has 2 saturated heterocycles. The summed E-state index contributed by atoms with van der Waals surface area (Å²) in [4.78, 5) is 13.8. The van der Waals surface area contributed by atoms with Crippen LogP contribution in [0.4, 0.5) is 5.69 Å². The average molecular weight is 274 g/mol. The molecule has 20 heavy (non-hydrogen) atoms. The van der Waals surface area contributed by atoms with Gasteiger partial charge in [0.15, 0.2) is 0 Å². The van der Waals surface area contributed by atoms with Crippen LogP contribution in [0.2, 0.25) is 0 Å². The Balaban J connectivity index is 1.74. The molecule has 4 heteroatoms. The second-order valence-electron chi connectivity index (χ2n) is 6.07. The van der Waals surface area contributed by atoms with Crippen molar-refractivity contribution in [1.29, 1.82) is 0 Å². The molecule has 0 amide bonds. The third kappa shape index (κ3) is 2.52. The summed E-state index contributed by atoms with van der Waals surface area (Å²) in [5, 5.41) is 12.7. The molecule has 0 radical (unpaired) electrons. The summed E-state index contributed by atoms with van der Waals surface area (Å²) in [6.45, 7) is 0. The SMILES string of the molecule is CN1C2CCCC1CC(Nc1ccccc1C(=O)O)C2. The largest absolute Gasteiger partial charge is 0.478 e. The van der Waals surface area contributed by atoms with Crippen molar-refractivity contribution in [1.82, 2.24) is 4.90 Å². The molecule has 2 N–H and O–H groups in total. The lowest BCUT2D eigenvalue weighted by Crippen LogP contribution is -2.52. The molecule has 0 saturated carbocycles. The zero-order chi connectivity index (χ0) is 14.1. The number of aromatic carboxylic acids is 1. The Morgan fingerprint density at radius 2 is 1.90 bits per heavy atom. The Bertz CT molecular complexity index is 489. The Hall–Kier alpha value is -1.55. The van der Waals surface area contributed by atoms with Gasteiger partial charge >= 0.3 is 5.97 Å². The van der Waals surface area contributed by atoms with E-state index in [0.717, 1.165) is 18.5 Å². The van der Waals surface area contributed by atoms with E-state index in [-0.39, 0.29) is 0 Å². The summed E-state index contributed by atoms with van der Waals surface area (Å²) in [5.74, 6) is -0.860. The Labute approximate surface area is 119 Å². The van der Waals surface area contributed by atoms with Gasteiger partial charge in [-0.3, -0.25) is 0 Å². The van der Waals surface area contributed by atoms with Crippen LogP contribution < -0.4 is 5.32 Å². The second kappa shape index (κ2) is 5.44. The first-order valence-corrected chi connectivity index (χ1v) is 7.46. The monoisotopic (exact) mass is 274 g/mol. The number of benzene rings is 1. The van der Waals surface area contributed by atoms with Crippen molar-refractivity contribution in [3.05, 3.63) is 29.8 Å². The van der Waals surface area contributed by atoms with E-state index in [9.17, 15) is 9.90 Å². The molecule has 0 spiro atoms. The standard InChI is InChI=1S/C16H22N2O2/c1-18-12-5-4-6-13(18)10-11(9-12)17-15-8-3-2-7-14(15)16(19)20/h2-3,7-8,11-13,17H,4-6,9-10H2,1H3,(H,19,20). The van der Waals surface area contributed by atoms with Gasteiger partial charge in [-0.05, 0) is 44.9 Å². The predicted octanol–water partition coefficient (Wildman–Crippen LogP) is 2.81. The van der Waals surface area contributed by atoms with Crippen LogP contribution in [0.3, 0.4) is 0 Å². The summed E-state index contributed by atoms with van der Waals surface area (Å²) in [7, 11) is 2.23. The lowest BCUT2D eigenvalue weighted by atomic mass is 9.82. The molecule has 1 aromatic carbocycles. The van der Waals surface area contributed by atoms with Crippen LogP contribution in [0.25, 0.3) is 0 Å². The zero-order valence-corrected chi connectivity index (χ0v) is 11.9. The molecule has 4 nitrogen and oxygen atoms in total. The average Bonchev–Trinajstić information content (AvgIpc) is 2.40. The van der Waals surface area contributed by atoms with Crippen molar-refractivity contribution in [2.24, 2.45) is 0 Å². The van der Waals surface area contributed by atoms with Crippen molar-refractivity contribution in [2.75, 3.05) is 12.4 Å². The topological polar surface area (TPSA) is 52.6 Å².